The molecule has 104 valence electrons. The van der Waals surface area contributed by atoms with Gasteiger partial charge < -0.3 is 16.0 Å². The highest BCUT2D eigenvalue weighted by Gasteiger charge is 2.15. The van der Waals surface area contributed by atoms with Gasteiger partial charge in [0, 0.05) is 38.5 Å². The van der Waals surface area contributed by atoms with Crippen LogP contribution in [0.1, 0.15) is 45.4 Å². The van der Waals surface area contributed by atoms with Crippen LogP contribution in [0.15, 0.2) is 0 Å². The van der Waals surface area contributed by atoms with E-state index < -0.39 is 0 Å². The van der Waals surface area contributed by atoms with Gasteiger partial charge in [-0.1, -0.05) is 0 Å². The number of piperidine rings is 1. The van der Waals surface area contributed by atoms with Gasteiger partial charge in [-0.05, 0) is 32.6 Å². The van der Waals surface area contributed by atoms with Crippen molar-refractivity contribution in [1.29, 1.82) is 0 Å². The SMILES string of the molecule is CC(N)CCC(=O)NCCC(=O)N1CCCCC1. The third kappa shape index (κ3) is 6.00. The molecule has 0 aromatic rings. The number of rotatable bonds is 6. The van der Waals surface area contributed by atoms with Crippen LogP contribution in [0, 0.1) is 0 Å². The van der Waals surface area contributed by atoms with Gasteiger partial charge in [-0.25, -0.2) is 0 Å². The zero-order valence-electron chi connectivity index (χ0n) is 11.3. The molecular weight excluding hydrogens is 230 g/mol. The van der Waals surface area contributed by atoms with Crippen LogP contribution in [0.5, 0.6) is 0 Å². The van der Waals surface area contributed by atoms with E-state index in [1.54, 1.807) is 0 Å². The van der Waals surface area contributed by atoms with E-state index in [9.17, 15) is 9.59 Å². The van der Waals surface area contributed by atoms with Crippen LogP contribution in [0.2, 0.25) is 0 Å². The van der Waals surface area contributed by atoms with Gasteiger partial charge in [-0.3, -0.25) is 9.59 Å². The molecule has 1 fully saturated rings. The van der Waals surface area contributed by atoms with Crippen molar-refractivity contribution in [3.63, 3.8) is 0 Å². The van der Waals surface area contributed by atoms with Gasteiger partial charge in [0.2, 0.25) is 11.8 Å². The van der Waals surface area contributed by atoms with Gasteiger partial charge in [-0.2, -0.15) is 0 Å². The smallest absolute Gasteiger partial charge is 0.224 e. The van der Waals surface area contributed by atoms with Crippen LogP contribution >= 0.6 is 0 Å². The normalized spacial score (nSPS) is 17.3. The minimum absolute atomic E-state index is 0.0151. The molecule has 1 saturated heterocycles. The van der Waals surface area contributed by atoms with Crippen molar-refractivity contribution in [2.75, 3.05) is 19.6 Å². The van der Waals surface area contributed by atoms with Crippen molar-refractivity contribution in [1.82, 2.24) is 10.2 Å². The van der Waals surface area contributed by atoms with Crippen LogP contribution in [0.3, 0.4) is 0 Å². The minimum Gasteiger partial charge on any atom is -0.356 e. The summed E-state index contributed by atoms with van der Waals surface area (Å²) in [5.41, 5.74) is 5.57. The summed E-state index contributed by atoms with van der Waals surface area (Å²) >= 11 is 0. The van der Waals surface area contributed by atoms with Gasteiger partial charge in [-0.15, -0.1) is 0 Å². The number of carbonyl (C=O) groups excluding carboxylic acids is 2. The maximum atomic E-state index is 11.8. The van der Waals surface area contributed by atoms with E-state index in [2.05, 4.69) is 5.32 Å². The molecule has 0 bridgehead atoms. The second kappa shape index (κ2) is 8.08. The van der Waals surface area contributed by atoms with Gasteiger partial charge >= 0.3 is 0 Å². The zero-order valence-corrected chi connectivity index (χ0v) is 11.3. The van der Waals surface area contributed by atoms with E-state index in [4.69, 9.17) is 5.73 Å². The first-order valence-electron chi connectivity index (χ1n) is 6.89. The van der Waals surface area contributed by atoms with Crippen LogP contribution in [0.4, 0.5) is 0 Å². The van der Waals surface area contributed by atoms with Gasteiger partial charge in [0.15, 0.2) is 0 Å². The molecule has 0 saturated carbocycles. The second-order valence-corrected chi connectivity index (χ2v) is 5.06. The third-order valence-electron chi connectivity index (χ3n) is 3.20. The minimum atomic E-state index is -0.0151. The molecule has 5 nitrogen and oxygen atoms in total. The lowest BCUT2D eigenvalue weighted by molar-refractivity contribution is -0.132. The van der Waals surface area contributed by atoms with Crippen molar-refractivity contribution in [2.45, 2.75) is 51.5 Å². The first-order chi connectivity index (χ1) is 8.59. The molecule has 1 aliphatic rings. The quantitative estimate of drug-likeness (QED) is 0.731. The average molecular weight is 255 g/mol. The number of hydrogen-bond donors (Lipinski definition) is 2. The zero-order chi connectivity index (χ0) is 13.4. The number of amides is 2. The van der Waals surface area contributed by atoms with Crippen molar-refractivity contribution < 1.29 is 9.59 Å². The Labute approximate surface area is 109 Å². The fraction of sp³-hybridized carbons (Fsp3) is 0.846. The summed E-state index contributed by atoms with van der Waals surface area (Å²) in [7, 11) is 0. The molecule has 3 N–H and O–H groups in total. The molecule has 0 aliphatic carbocycles. The lowest BCUT2D eigenvalue weighted by atomic mass is 10.1. The third-order valence-corrected chi connectivity index (χ3v) is 3.20. The van der Waals surface area contributed by atoms with Crippen LogP contribution in [-0.2, 0) is 9.59 Å². The number of hydrogen-bond acceptors (Lipinski definition) is 3. The predicted octanol–water partition coefficient (Wildman–Crippen LogP) is 0.633. The summed E-state index contributed by atoms with van der Waals surface area (Å²) in [6.45, 7) is 4.06. The number of nitrogens with zero attached hydrogens (tertiary/aromatic N) is 1. The molecular formula is C13H25N3O2. The highest BCUT2D eigenvalue weighted by Crippen LogP contribution is 2.09. The molecule has 5 heteroatoms. The van der Waals surface area contributed by atoms with Crippen molar-refractivity contribution in [2.24, 2.45) is 5.73 Å². The van der Waals surface area contributed by atoms with Gasteiger partial charge in [0.05, 0.1) is 0 Å². The molecule has 0 spiro atoms. The van der Waals surface area contributed by atoms with E-state index in [-0.39, 0.29) is 17.9 Å². The standard InChI is InChI=1S/C13H25N3O2/c1-11(14)5-6-12(17)15-8-7-13(18)16-9-3-2-4-10-16/h11H,2-10,14H2,1H3,(H,15,17). The largest absolute Gasteiger partial charge is 0.356 e. The fourth-order valence-electron chi connectivity index (χ4n) is 2.06. The summed E-state index contributed by atoms with van der Waals surface area (Å²) in [5.74, 6) is 0.140. The Morgan fingerprint density at radius 1 is 1.22 bits per heavy atom. The summed E-state index contributed by atoms with van der Waals surface area (Å²) < 4.78 is 0. The number of carbonyl (C=O) groups is 2. The molecule has 1 atom stereocenters. The molecule has 1 unspecified atom stereocenters. The summed E-state index contributed by atoms with van der Waals surface area (Å²) in [5, 5.41) is 2.77. The van der Waals surface area contributed by atoms with E-state index in [1.807, 2.05) is 11.8 Å². The van der Waals surface area contributed by atoms with E-state index in [0.29, 0.717) is 25.8 Å². The number of nitrogens with two attached hydrogens (primary N) is 1. The first kappa shape index (κ1) is 15.0. The Balaban J connectivity index is 2.09. The number of nitrogens with one attached hydrogen (secondary N) is 1. The summed E-state index contributed by atoms with van der Waals surface area (Å²) in [6, 6.07) is 0.0470. The topological polar surface area (TPSA) is 75.4 Å². The number of likely N-dealkylation sites (tertiary alicyclic amines) is 1. The molecule has 18 heavy (non-hydrogen) atoms. The van der Waals surface area contributed by atoms with Crippen molar-refractivity contribution in [3.8, 4) is 0 Å². The molecule has 1 heterocycles. The molecule has 0 aromatic carbocycles. The molecule has 2 amide bonds. The van der Waals surface area contributed by atoms with Crippen LogP contribution in [0.25, 0.3) is 0 Å². The van der Waals surface area contributed by atoms with Gasteiger partial charge in [0.25, 0.3) is 0 Å². The molecule has 1 rings (SSSR count). The Kier molecular flexibility index (Phi) is 6.72. The first-order valence-corrected chi connectivity index (χ1v) is 6.89. The summed E-state index contributed by atoms with van der Waals surface area (Å²) in [6.07, 6.45) is 4.96. The average Bonchev–Trinajstić information content (AvgIpc) is 2.37. The maximum absolute atomic E-state index is 11.8. The predicted molar refractivity (Wildman–Crippen MR) is 70.9 cm³/mol. The van der Waals surface area contributed by atoms with E-state index in [1.165, 1.54) is 6.42 Å². The maximum Gasteiger partial charge on any atom is 0.224 e. The molecule has 1 aliphatic heterocycles. The van der Waals surface area contributed by atoms with Crippen molar-refractivity contribution >= 4 is 11.8 Å². The van der Waals surface area contributed by atoms with Crippen molar-refractivity contribution in [3.05, 3.63) is 0 Å². The van der Waals surface area contributed by atoms with Crippen LogP contribution in [-0.4, -0.2) is 42.4 Å². The van der Waals surface area contributed by atoms with E-state index >= 15 is 0 Å². The Morgan fingerprint density at radius 2 is 1.89 bits per heavy atom. The second-order valence-electron chi connectivity index (χ2n) is 5.06. The Hall–Kier alpha value is -1.10. The lowest BCUT2D eigenvalue weighted by Gasteiger charge is -2.26. The molecule has 0 radical (unpaired) electrons. The highest BCUT2D eigenvalue weighted by atomic mass is 16.2. The van der Waals surface area contributed by atoms with Gasteiger partial charge in [0.1, 0.15) is 0 Å². The monoisotopic (exact) mass is 255 g/mol. The summed E-state index contributed by atoms with van der Waals surface area (Å²) in [4.78, 5) is 25.1. The lowest BCUT2D eigenvalue weighted by Crippen LogP contribution is -2.37. The Morgan fingerprint density at radius 3 is 2.50 bits per heavy atom. The van der Waals surface area contributed by atoms with Crippen LogP contribution < -0.4 is 11.1 Å². The Bertz CT molecular complexity index is 273. The highest BCUT2D eigenvalue weighted by molar-refractivity contribution is 5.79. The molecule has 0 aromatic heterocycles. The fourth-order valence-corrected chi connectivity index (χ4v) is 2.06. The van der Waals surface area contributed by atoms with E-state index in [0.717, 1.165) is 25.9 Å².